The number of hydrogen-bond acceptors (Lipinski definition) is 5. The maximum Gasteiger partial charge on any atom is 0.251 e. The Hall–Kier alpha value is -1.43. The first-order valence-electron chi connectivity index (χ1n) is 8.00. The first-order chi connectivity index (χ1) is 10.3. The van der Waals surface area contributed by atoms with Crippen molar-refractivity contribution in [1.82, 2.24) is 15.0 Å². The smallest absolute Gasteiger partial charge is 0.251 e. The number of carbonyl (C=O) groups is 1. The van der Waals surface area contributed by atoms with E-state index >= 15 is 0 Å². The van der Waals surface area contributed by atoms with Gasteiger partial charge in [-0.25, -0.2) is 0 Å². The number of amides is 1. The summed E-state index contributed by atoms with van der Waals surface area (Å²) >= 11 is 0. The summed E-state index contributed by atoms with van der Waals surface area (Å²) in [5, 5.41) is 4.01. The second-order valence-corrected chi connectivity index (χ2v) is 5.92. The SMILES string of the molecule is CCCc1noc([C@@H]2CCCN(C(=O)[C@H]3CCCO3)C2)n1. The summed E-state index contributed by atoms with van der Waals surface area (Å²) in [6.07, 6.45) is 5.43. The molecule has 1 amide bonds. The molecule has 6 heteroatoms. The highest BCUT2D eigenvalue weighted by Gasteiger charge is 2.33. The highest BCUT2D eigenvalue weighted by atomic mass is 16.5. The average molecular weight is 293 g/mol. The molecule has 0 radical (unpaired) electrons. The van der Waals surface area contributed by atoms with Crippen molar-refractivity contribution < 1.29 is 14.1 Å². The van der Waals surface area contributed by atoms with Crippen LogP contribution in [-0.2, 0) is 16.0 Å². The molecule has 3 heterocycles. The number of piperidine rings is 1. The van der Waals surface area contributed by atoms with E-state index in [9.17, 15) is 4.79 Å². The Balaban J connectivity index is 1.63. The van der Waals surface area contributed by atoms with Crippen LogP contribution in [-0.4, -0.2) is 46.7 Å². The molecule has 0 aliphatic carbocycles. The third-order valence-corrected chi connectivity index (χ3v) is 4.24. The average Bonchev–Trinajstić information content (AvgIpc) is 3.18. The van der Waals surface area contributed by atoms with Crippen molar-refractivity contribution in [3.63, 3.8) is 0 Å². The molecule has 116 valence electrons. The topological polar surface area (TPSA) is 68.5 Å². The van der Waals surface area contributed by atoms with Crippen molar-refractivity contribution in [3.8, 4) is 0 Å². The zero-order chi connectivity index (χ0) is 14.7. The third-order valence-electron chi connectivity index (χ3n) is 4.24. The molecule has 0 aromatic carbocycles. The van der Waals surface area contributed by atoms with Crippen molar-refractivity contribution in [2.24, 2.45) is 0 Å². The van der Waals surface area contributed by atoms with Crippen LogP contribution in [0.1, 0.15) is 56.7 Å². The van der Waals surface area contributed by atoms with Gasteiger partial charge in [0.2, 0.25) is 5.89 Å². The second-order valence-electron chi connectivity index (χ2n) is 5.92. The molecule has 2 aliphatic heterocycles. The molecule has 1 aromatic rings. The van der Waals surface area contributed by atoms with E-state index in [1.165, 1.54) is 0 Å². The van der Waals surface area contributed by atoms with Crippen LogP contribution in [0.3, 0.4) is 0 Å². The summed E-state index contributed by atoms with van der Waals surface area (Å²) in [5.74, 6) is 1.76. The predicted octanol–water partition coefficient (Wildman–Crippen LogP) is 1.91. The number of nitrogens with zero attached hydrogens (tertiary/aromatic N) is 3. The van der Waals surface area contributed by atoms with Crippen molar-refractivity contribution >= 4 is 5.91 Å². The molecule has 6 nitrogen and oxygen atoms in total. The van der Waals surface area contributed by atoms with Gasteiger partial charge in [-0.2, -0.15) is 4.98 Å². The molecule has 0 N–H and O–H groups in total. The Morgan fingerprint density at radius 3 is 3.05 bits per heavy atom. The van der Waals surface area contributed by atoms with Crippen molar-refractivity contribution in [2.75, 3.05) is 19.7 Å². The molecule has 2 atom stereocenters. The molecule has 0 bridgehead atoms. The number of aryl methyl sites for hydroxylation is 1. The Morgan fingerprint density at radius 1 is 1.38 bits per heavy atom. The Bertz CT molecular complexity index is 482. The van der Waals surface area contributed by atoms with E-state index in [1.54, 1.807) is 0 Å². The predicted molar refractivity (Wildman–Crippen MR) is 75.8 cm³/mol. The standard InChI is InChI=1S/C15H23N3O3/c1-2-5-13-16-14(21-17-13)11-6-3-8-18(10-11)15(19)12-7-4-9-20-12/h11-12H,2-10H2,1H3/t11-,12-/m1/s1. The minimum absolute atomic E-state index is 0.130. The molecule has 3 rings (SSSR count). The number of hydrogen-bond donors (Lipinski definition) is 0. The largest absolute Gasteiger partial charge is 0.368 e. The molecule has 2 aliphatic rings. The van der Waals surface area contributed by atoms with Crippen molar-refractivity contribution in [1.29, 1.82) is 0 Å². The van der Waals surface area contributed by atoms with E-state index in [0.717, 1.165) is 50.9 Å². The van der Waals surface area contributed by atoms with Crippen LogP contribution in [0.5, 0.6) is 0 Å². The molecule has 0 unspecified atom stereocenters. The van der Waals surface area contributed by atoms with Crippen LogP contribution < -0.4 is 0 Å². The summed E-state index contributed by atoms with van der Waals surface area (Å²) in [7, 11) is 0. The van der Waals surface area contributed by atoms with Gasteiger partial charge >= 0.3 is 0 Å². The highest BCUT2D eigenvalue weighted by Crippen LogP contribution is 2.27. The van der Waals surface area contributed by atoms with Gasteiger partial charge in [0.1, 0.15) is 6.10 Å². The number of carbonyl (C=O) groups excluding carboxylic acids is 1. The van der Waals surface area contributed by atoms with E-state index in [1.807, 2.05) is 4.90 Å². The zero-order valence-electron chi connectivity index (χ0n) is 12.6. The summed E-state index contributed by atoms with van der Waals surface area (Å²) in [5.41, 5.74) is 0. The summed E-state index contributed by atoms with van der Waals surface area (Å²) in [4.78, 5) is 18.8. The van der Waals surface area contributed by atoms with Gasteiger partial charge in [0.05, 0.1) is 5.92 Å². The van der Waals surface area contributed by atoms with E-state index < -0.39 is 0 Å². The van der Waals surface area contributed by atoms with Crippen LogP contribution in [0.2, 0.25) is 0 Å². The lowest BCUT2D eigenvalue weighted by molar-refractivity contribution is -0.142. The minimum atomic E-state index is -0.234. The third kappa shape index (κ3) is 3.26. The molecule has 2 fully saturated rings. The highest BCUT2D eigenvalue weighted by molar-refractivity contribution is 5.81. The van der Waals surface area contributed by atoms with Gasteiger partial charge in [-0.15, -0.1) is 0 Å². The lowest BCUT2D eigenvalue weighted by Crippen LogP contribution is -2.44. The van der Waals surface area contributed by atoms with E-state index in [4.69, 9.17) is 9.26 Å². The van der Waals surface area contributed by atoms with Gasteiger partial charge in [0.15, 0.2) is 5.82 Å². The van der Waals surface area contributed by atoms with Gasteiger partial charge in [-0.3, -0.25) is 4.79 Å². The van der Waals surface area contributed by atoms with Crippen LogP contribution in [0.15, 0.2) is 4.52 Å². The summed E-state index contributed by atoms with van der Waals surface area (Å²) in [6, 6.07) is 0. The van der Waals surface area contributed by atoms with Crippen LogP contribution in [0.4, 0.5) is 0 Å². The second kappa shape index (κ2) is 6.56. The van der Waals surface area contributed by atoms with Gasteiger partial charge in [0, 0.05) is 26.1 Å². The first-order valence-corrected chi connectivity index (χ1v) is 8.00. The number of rotatable bonds is 4. The van der Waals surface area contributed by atoms with E-state index in [-0.39, 0.29) is 17.9 Å². The zero-order valence-corrected chi connectivity index (χ0v) is 12.6. The molecule has 2 saturated heterocycles. The summed E-state index contributed by atoms with van der Waals surface area (Å²) in [6.45, 7) is 4.29. The van der Waals surface area contributed by atoms with E-state index in [0.29, 0.717) is 19.0 Å². The molecule has 21 heavy (non-hydrogen) atoms. The Morgan fingerprint density at radius 2 is 2.29 bits per heavy atom. The molecule has 0 spiro atoms. The number of aromatic nitrogens is 2. The Kier molecular flexibility index (Phi) is 4.53. The fraction of sp³-hybridized carbons (Fsp3) is 0.800. The normalized spacial score (nSPS) is 26.2. The van der Waals surface area contributed by atoms with Gasteiger partial charge in [0.25, 0.3) is 5.91 Å². The number of likely N-dealkylation sites (tertiary alicyclic amines) is 1. The lowest BCUT2D eigenvalue weighted by Gasteiger charge is -2.32. The number of ether oxygens (including phenoxy) is 1. The molecule has 0 saturated carbocycles. The lowest BCUT2D eigenvalue weighted by atomic mass is 9.97. The first kappa shape index (κ1) is 14.5. The van der Waals surface area contributed by atoms with Crippen molar-refractivity contribution in [3.05, 3.63) is 11.7 Å². The van der Waals surface area contributed by atoms with Gasteiger partial charge in [-0.05, 0) is 32.1 Å². The molecule has 1 aromatic heterocycles. The van der Waals surface area contributed by atoms with E-state index in [2.05, 4.69) is 17.1 Å². The van der Waals surface area contributed by atoms with Crippen LogP contribution in [0, 0.1) is 0 Å². The van der Waals surface area contributed by atoms with Crippen molar-refractivity contribution in [2.45, 2.75) is 57.5 Å². The monoisotopic (exact) mass is 293 g/mol. The molecular formula is C15H23N3O3. The van der Waals surface area contributed by atoms with Gasteiger partial charge in [-0.1, -0.05) is 12.1 Å². The quantitative estimate of drug-likeness (QED) is 0.848. The maximum atomic E-state index is 12.4. The maximum absolute atomic E-state index is 12.4. The minimum Gasteiger partial charge on any atom is -0.368 e. The van der Waals surface area contributed by atoms with Gasteiger partial charge < -0.3 is 14.2 Å². The molecular weight excluding hydrogens is 270 g/mol. The summed E-state index contributed by atoms with van der Waals surface area (Å²) < 4.78 is 10.9. The Labute approximate surface area is 124 Å². The fourth-order valence-corrected chi connectivity index (χ4v) is 3.11. The van der Waals surface area contributed by atoms with Crippen LogP contribution >= 0.6 is 0 Å². The fourth-order valence-electron chi connectivity index (χ4n) is 3.11. The van der Waals surface area contributed by atoms with Crippen LogP contribution in [0.25, 0.3) is 0 Å².